The first-order valence-corrected chi connectivity index (χ1v) is 13.3. The highest BCUT2D eigenvalue weighted by atomic mass is 32.2. The molecule has 1 N–H and O–H groups in total. The lowest BCUT2D eigenvalue weighted by Gasteiger charge is -2.38. The van der Waals surface area contributed by atoms with Gasteiger partial charge in [0.1, 0.15) is 5.82 Å². The van der Waals surface area contributed by atoms with Crippen LogP contribution in [0.1, 0.15) is 63.3 Å². The fraction of sp³-hybridized carbons (Fsp3) is 0.542. The molecule has 0 fully saturated rings. The van der Waals surface area contributed by atoms with Gasteiger partial charge < -0.3 is 14.6 Å². The minimum Gasteiger partial charge on any atom is -0.386 e. The Morgan fingerprint density at radius 2 is 1.91 bits per heavy atom. The summed E-state index contributed by atoms with van der Waals surface area (Å²) >= 11 is 0. The zero-order chi connectivity index (χ0) is 24.3. The molecule has 0 bridgehead atoms. The third-order valence-corrected chi connectivity index (χ3v) is 7.60. The lowest BCUT2D eigenvalue weighted by molar-refractivity contribution is 0.0770. The first-order valence-electron chi connectivity index (χ1n) is 11.4. The van der Waals surface area contributed by atoms with Gasteiger partial charge >= 0.3 is 0 Å². The Morgan fingerprint density at radius 3 is 2.45 bits per heavy atom. The summed E-state index contributed by atoms with van der Waals surface area (Å²) in [6.45, 7) is 12.9. The molecule has 1 aromatic carbocycles. The number of aliphatic hydroxyl groups is 1. The molecule has 0 spiro atoms. The van der Waals surface area contributed by atoms with Crippen molar-refractivity contribution in [3.63, 3.8) is 0 Å². The number of fused-ring (bicyclic) bond motifs is 3. The van der Waals surface area contributed by atoms with Crippen molar-refractivity contribution in [2.24, 2.45) is 5.92 Å². The Morgan fingerprint density at radius 1 is 1.21 bits per heavy atom. The van der Waals surface area contributed by atoms with Crippen molar-refractivity contribution >= 4 is 26.8 Å². The van der Waals surface area contributed by atoms with Gasteiger partial charge in [-0.05, 0) is 50.8 Å². The maximum atomic E-state index is 12.4. The van der Waals surface area contributed by atoms with E-state index in [-0.39, 0.29) is 12.0 Å². The minimum atomic E-state index is -3.34. The maximum Gasteiger partial charge on any atom is 0.226 e. The molecule has 2 aromatic heterocycles. The van der Waals surface area contributed by atoms with Gasteiger partial charge in [0.05, 0.1) is 27.6 Å². The van der Waals surface area contributed by atoms with Crippen LogP contribution in [0.25, 0.3) is 11.0 Å². The molecule has 3 aromatic rings. The van der Waals surface area contributed by atoms with Crippen LogP contribution in [0.15, 0.2) is 23.2 Å². The lowest BCUT2D eigenvalue weighted by Crippen LogP contribution is -2.42. The number of aromatic nitrogens is 4. The molecule has 1 aliphatic rings. The molecule has 0 saturated carbocycles. The topological polar surface area (TPSA) is 101 Å². The lowest BCUT2D eigenvalue weighted by atomic mass is 9.98. The number of aryl methyl sites for hydroxylation is 2. The highest BCUT2D eigenvalue weighted by Gasteiger charge is 2.35. The van der Waals surface area contributed by atoms with Crippen molar-refractivity contribution in [1.82, 2.24) is 19.5 Å². The van der Waals surface area contributed by atoms with E-state index in [0.29, 0.717) is 35.9 Å². The van der Waals surface area contributed by atoms with Crippen LogP contribution >= 0.6 is 0 Å². The molecule has 9 heteroatoms. The van der Waals surface area contributed by atoms with Crippen molar-refractivity contribution < 1.29 is 13.5 Å². The van der Waals surface area contributed by atoms with E-state index in [1.54, 1.807) is 26.1 Å². The fourth-order valence-electron chi connectivity index (χ4n) is 4.86. The second kappa shape index (κ2) is 8.06. The molecule has 0 saturated heterocycles. The molecule has 0 aliphatic carbocycles. The molecule has 1 atom stereocenters. The van der Waals surface area contributed by atoms with Crippen LogP contribution in [0.5, 0.6) is 0 Å². The monoisotopic (exact) mass is 471 g/mol. The number of imidazole rings is 1. The largest absolute Gasteiger partial charge is 0.386 e. The number of anilines is 1. The van der Waals surface area contributed by atoms with E-state index >= 15 is 0 Å². The van der Waals surface area contributed by atoms with Gasteiger partial charge in [-0.25, -0.2) is 23.4 Å². The third kappa shape index (κ3) is 4.12. The Kier molecular flexibility index (Phi) is 5.77. The maximum absolute atomic E-state index is 12.4. The van der Waals surface area contributed by atoms with Gasteiger partial charge in [0.15, 0.2) is 9.84 Å². The van der Waals surface area contributed by atoms with Crippen molar-refractivity contribution in [1.29, 1.82) is 0 Å². The van der Waals surface area contributed by atoms with Gasteiger partial charge in [-0.15, -0.1) is 0 Å². The molecule has 0 amide bonds. The average molecular weight is 472 g/mol. The zero-order valence-electron chi connectivity index (χ0n) is 20.4. The molecule has 0 radical (unpaired) electrons. The average Bonchev–Trinajstić information content (AvgIpc) is 3.07. The van der Waals surface area contributed by atoms with Crippen molar-refractivity contribution in [2.75, 3.05) is 17.7 Å². The summed E-state index contributed by atoms with van der Waals surface area (Å²) in [6.07, 6.45) is 3.59. The minimum absolute atomic E-state index is 0.0645. The van der Waals surface area contributed by atoms with E-state index in [0.717, 1.165) is 28.1 Å². The standard InChI is InChI=1S/C24H33N5O3S/c1-8-16-11-18-19(12-20(16)33(7,31)32)28-9-10-29(21(14(2)3)22(28)27-18)23-25-13-17(15(4)26-23)24(5,6)30/h11-14,21,30H,8-10H2,1-7H3/t21-/m1/s1. The molecule has 178 valence electrons. The summed E-state index contributed by atoms with van der Waals surface area (Å²) in [5.41, 5.74) is 2.90. The van der Waals surface area contributed by atoms with Gasteiger partial charge in [-0.2, -0.15) is 0 Å². The van der Waals surface area contributed by atoms with Crippen LogP contribution in [0.4, 0.5) is 5.95 Å². The first kappa shape index (κ1) is 23.6. The van der Waals surface area contributed by atoms with E-state index in [1.165, 1.54) is 6.26 Å². The Bertz CT molecular complexity index is 1320. The smallest absolute Gasteiger partial charge is 0.226 e. The molecule has 33 heavy (non-hydrogen) atoms. The van der Waals surface area contributed by atoms with Crippen LogP contribution < -0.4 is 4.90 Å². The Hall–Kier alpha value is -2.52. The third-order valence-electron chi connectivity index (χ3n) is 6.42. The summed E-state index contributed by atoms with van der Waals surface area (Å²) in [5, 5.41) is 10.4. The van der Waals surface area contributed by atoms with Gasteiger partial charge in [0, 0.05) is 36.8 Å². The number of hydrogen-bond acceptors (Lipinski definition) is 7. The van der Waals surface area contributed by atoms with E-state index in [9.17, 15) is 13.5 Å². The van der Waals surface area contributed by atoms with Crippen molar-refractivity contribution in [3.8, 4) is 0 Å². The Balaban J connectivity index is 1.85. The number of nitrogens with zero attached hydrogens (tertiary/aromatic N) is 5. The second-order valence-corrected chi connectivity index (χ2v) is 11.8. The van der Waals surface area contributed by atoms with Crippen molar-refractivity contribution in [3.05, 3.63) is 41.0 Å². The van der Waals surface area contributed by atoms with Gasteiger partial charge in [-0.3, -0.25) is 0 Å². The zero-order valence-corrected chi connectivity index (χ0v) is 21.2. The highest BCUT2D eigenvalue weighted by Crippen LogP contribution is 2.37. The summed E-state index contributed by atoms with van der Waals surface area (Å²) in [6, 6.07) is 3.63. The van der Waals surface area contributed by atoms with Crippen LogP contribution in [-0.2, 0) is 28.4 Å². The van der Waals surface area contributed by atoms with E-state index in [4.69, 9.17) is 9.97 Å². The summed E-state index contributed by atoms with van der Waals surface area (Å²) < 4.78 is 27.0. The van der Waals surface area contributed by atoms with E-state index < -0.39 is 15.4 Å². The quantitative estimate of drug-likeness (QED) is 0.607. The molecular weight excluding hydrogens is 438 g/mol. The molecule has 8 nitrogen and oxygen atoms in total. The molecular formula is C24H33N5O3S. The second-order valence-electron chi connectivity index (χ2n) is 9.81. The number of sulfone groups is 1. The summed E-state index contributed by atoms with van der Waals surface area (Å²) in [5.74, 6) is 1.73. The van der Waals surface area contributed by atoms with Crippen LogP contribution in [-0.4, -0.2) is 45.8 Å². The number of rotatable bonds is 5. The predicted molar refractivity (Wildman–Crippen MR) is 129 cm³/mol. The normalized spacial score (nSPS) is 17.1. The SMILES string of the molecule is CCc1cc2nc3n(c2cc1S(C)(=O)=O)CCN(c1ncc(C(C)(C)O)c(C)n1)[C@@H]3C(C)C. The fourth-order valence-corrected chi connectivity index (χ4v) is 5.86. The van der Waals surface area contributed by atoms with E-state index in [1.807, 2.05) is 19.9 Å². The van der Waals surface area contributed by atoms with Crippen LogP contribution in [0.3, 0.4) is 0 Å². The van der Waals surface area contributed by atoms with Gasteiger partial charge in [0.2, 0.25) is 5.95 Å². The van der Waals surface area contributed by atoms with Crippen molar-refractivity contribution in [2.45, 2.75) is 71.0 Å². The number of benzene rings is 1. The molecule has 1 aliphatic heterocycles. The van der Waals surface area contributed by atoms with Crippen LogP contribution in [0, 0.1) is 12.8 Å². The highest BCUT2D eigenvalue weighted by molar-refractivity contribution is 7.90. The molecule has 0 unspecified atom stereocenters. The summed E-state index contributed by atoms with van der Waals surface area (Å²) in [7, 11) is -3.34. The summed E-state index contributed by atoms with van der Waals surface area (Å²) in [4.78, 5) is 16.9. The van der Waals surface area contributed by atoms with E-state index in [2.05, 4.69) is 28.3 Å². The van der Waals surface area contributed by atoms with Gasteiger partial charge in [-0.1, -0.05) is 20.8 Å². The molecule has 4 rings (SSSR count). The first-order chi connectivity index (χ1) is 15.3. The molecule has 3 heterocycles. The predicted octanol–water partition coefficient (Wildman–Crippen LogP) is 3.55. The Labute approximate surface area is 195 Å². The van der Waals surface area contributed by atoms with Gasteiger partial charge in [0.25, 0.3) is 0 Å². The number of hydrogen-bond donors (Lipinski definition) is 1. The van der Waals surface area contributed by atoms with Crippen LogP contribution in [0.2, 0.25) is 0 Å².